The van der Waals surface area contributed by atoms with E-state index in [1.54, 1.807) is 0 Å². The molecule has 1 aromatic carbocycles. The fourth-order valence-corrected chi connectivity index (χ4v) is 3.95. The molecule has 0 saturated heterocycles. The quantitative estimate of drug-likeness (QED) is 0.794. The number of benzene rings is 1. The van der Waals surface area contributed by atoms with E-state index in [-0.39, 0.29) is 5.92 Å². The molecule has 1 nitrogen and oxygen atoms in total. The molecule has 0 heterocycles. The molecular formula is C14H16ClNS. The van der Waals surface area contributed by atoms with Crippen LogP contribution >= 0.6 is 23.4 Å². The highest BCUT2D eigenvalue weighted by atomic mass is 35.5. The summed E-state index contributed by atoms with van der Waals surface area (Å²) < 4.78 is 0. The zero-order chi connectivity index (χ0) is 12.1. The van der Waals surface area contributed by atoms with E-state index in [1.807, 2.05) is 30.0 Å². The Hall–Kier alpha value is -0.650. The van der Waals surface area contributed by atoms with Crippen LogP contribution in [0.15, 0.2) is 24.3 Å². The molecule has 17 heavy (non-hydrogen) atoms. The van der Waals surface area contributed by atoms with Crippen LogP contribution in [-0.2, 0) is 5.75 Å². The van der Waals surface area contributed by atoms with E-state index in [2.05, 4.69) is 12.1 Å². The fraction of sp³-hybridized carbons (Fsp3) is 0.500. The first-order valence-electron chi connectivity index (χ1n) is 6.06. The number of nitriles is 1. The lowest BCUT2D eigenvalue weighted by Crippen LogP contribution is -2.20. The zero-order valence-corrected chi connectivity index (χ0v) is 11.3. The Kier molecular flexibility index (Phi) is 4.76. The maximum absolute atomic E-state index is 9.12. The Bertz CT molecular complexity index is 413. The summed E-state index contributed by atoms with van der Waals surface area (Å²) in [6, 6.07) is 10.4. The molecule has 1 aromatic rings. The highest BCUT2D eigenvalue weighted by Gasteiger charge is 2.25. The second kappa shape index (κ2) is 6.33. The minimum atomic E-state index is 0.233. The standard InChI is InChI=1S/C14H16ClNS/c15-13-7-3-1-6-12(13)10-17-14-8-4-2-5-11(14)9-16/h1,3,6-7,11,14H,2,4-5,8,10H2. The van der Waals surface area contributed by atoms with Crippen LogP contribution in [0.5, 0.6) is 0 Å². The summed E-state index contributed by atoms with van der Waals surface area (Å²) >= 11 is 8.02. The van der Waals surface area contributed by atoms with Gasteiger partial charge < -0.3 is 0 Å². The van der Waals surface area contributed by atoms with Crippen molar-refractivity contribution in [1.29, 1.82) is 5.26 Å². The van der Waals surface area contributed by atoms with Gasteiger partial charge in [0.2, 0.25) is 0 Å². The topological polar surface area (TPSA) is 23.8 Å². The van der Waals surface area contributed by atoms with Gasteiger partial charge in [-0.1, -0.05) is 42.6 Å². The van der Waals surface area contributed by atoms with E-state index >= 15 is 0 Å². The first kappa shape index (κ1) is 12.8. The molecule has 0 bridgehead atoms. The first-order valence-corrected chi connectivity index (χ1v) is 7.48. The monoisotopic (exact) mass is 265 g/mol. The molecule has 0 aromatic heterocycles. The number of rotatable bonds is 3. The third-order valence-corrected chi connectivity index (χ3v) is 5.12. The lowest BCUT2D eigenvalue weighted by molar-refractivity contribution is 0.439. The summed E-state index contributed by atoms with van der Waals surface area (Å²) in [7, 11) is 0. The maximum Gasteiger partial charge on any atom is 0.0667 e. The Morgan fingerprint density at radius 1 is 1.29 bits per heavy atom. The predicted molar refractivity (Wildman–Crippen MR) is 74.1 cm³/mol. The Labute approximate surface area is 112 Å². The highest BCUT2D eigenvalue weighted by Crippen LogP contribution is 2.35. The molecule has 2 rings (SSSR count). The molecule has 0 N–H and O–H groups in total. The Morgan fingerprint density at radius 3 is 2.82 bits per heavy atom. The number of thioether (sulfide) groups is 1. The van der Waals surface area contributed by atoms with E-state index in [0.717, 1.165) is 17.2 Å². The summed E-state index contributed by atoms with van der Waals surface area (Å²) in [5.41, 5.74) is 1.18. The molecule has 0 spiro atoms. The van der Waals surface area contributed by atoms with Crippen LogP contribution in [-0.4, -0.2) is 5.25 Å². The third-order valence-electron chi connectivity index (χ3n) is 3.28. The number of hydrogen-bond donors (Lipinski definition) is 0. The van der Waals surface area contributed by atoms with Crippen molar-refractivity contribution in [3.8, 4) is 6.07 Å². The van der Waals surface area contributed by atoms with Gasteiger partial charge in [0.05, 0.1) is 12.0 Å². The van der Waals surface area contributed by atoms with E-state index in [1.165, 1.54) is 24.8 Å². The van der Waals surface area contributed by atoms with E-state index in [9.17, 15) is 0 Å². The van der Waals surface area contributed by atoms with Crippen molar-refractivity contribution >= 4 is 23.4 Å². The molecule has 2 atom stereocenters. The van der Waals surface area contributed by atoms with Gasteiger partial charge in [-0.15, -0.1) is 0 Å². The average Bonchev–Trinajstić information content (AvgIpc) is 2.38. The van der Waals surface area contributed by atoms with Crippen LogP contribution in [0, 0.1) is 17.2 Å². The molecule has 1 saturated carbocycles. The summed E-state index contributed by atoms with van der Waals surface area (Å²) in [4.78, 5) is 0. The van der Waals surface area contributed by atoms with Crippen LogP contribution in [0.25, 0.3) is 0 Å². The van der Waals surface area contributed by atoms with Gasteiger partial charge in [-0.05, 0) is 24.5 Å². The molecule has 1 aliphatic carbocycles. The lowest BCUT2D eigenvalue weighted by atomic mass is 9.90. The number of halogens is 1. The van der Waals surface area contributed by atoms with Crippen molar-refractivity contribution in [2.75, 3.05) is 0 Å². The van der Waals surface area contributed by atoms with Gasteiger partial charge in [-0.2, -0.15) is 17.0 Å². The van der Waals surface area contributed by atoms with Crippen molar-refractivity contribution in [2.45, 2.75) is 36.7 Å². The van der Waals surface area contributed by atoms with Crippen LogP contribution in [0.2, 0.25) is 5.02 Å². The molecule has 1 aliphatic rings. The number of nitrogens with zero attached hydrogens (tertiary/aromatic N) is 1. The number of hydrogen-bond acceptors (Lipinski definition) is 2. The Balaban J connectivity index is 1.93. The average molecular weight is 266 g/mol. The van der Waals surface area contributed by atoms with Gasteiger partial charge in [0, 0.05) is 16.0 Å². The summed E-state index contributed by atoms with van der Waals surface area (Å²) in [5, 5.41) is 10.5. The molecule has 3 heteroatoms. The van der Waals surface area contributed by atoms with Gasteiger partial charge in [0.15, 0.2) is 0 Å². The summed E-state index contributed by atoms with van der Waals surface area (Å²) in [5.74, 6) is 1.15. The third kappa shape index (κ3) is 3.40. The fourth-order valence-electron chi connectivity index (χ4n) is 2.26. The second-order valence-corrected chi connectivity index (χ2v) is 6.10. The first-order chi connectivity index (χ1) is 8.31. The van der Waals surface area contributed by atoms with Crippen molar-refractivity contribution < 1.29 is 0 Å². The van der Waals surface area contributed by atoms with Crippen molar-refractivity contribution in [3.63, 3.8) is 0 Å². The minimum Gasteiger partial charge on any atom is -0.198 e. The van der Waals surface area contributed by atoms with Gasteiger partial charge >= 0.3 is 0 Å². The molecule has 90 valence electrons. The molecule has 0 amide bonds. The largest absolute Gasteiger partial charge is 0.198 e. The van der Waals surface area contributed by atoms with Crippen LogP contribution in [0.4, 0.5) is 0 Å². The van der Waals surface area contributed by atoms with Crippen molar-refractivity contribution in [2.24, 2.45) is 5.92 Å². The van der Waals surface area contributed by atoms with Crippen LogP contribution < -0.4 is 0 Å². The van der Waals surface area contributed by atoms with Crippen molar-refractivity contribution in [1.82, 2.24) is 0 Å². The molecule has 0 radical (unpaired) electrons. The second-order valence-electron chi connectivity index (χ2n) is 4.46. The highest BCUT2D eigenvalue weighted by molar-refractivity contribution is 7.99. The predicted octanol–water partition coefficient (Wildman–Crippen LogP) is 4.66. The van der Waals surface area contributed by atoms with Crippen molar-refractivity contribution in [3.05, 3.63) is 34.9 Å². The van der Waals surface area contributed by atoms with Gasteiger partial charge in [-0.25, -0.2) is 0 Å². The van der Waals surface area contributed by atoms with E-state index in [0.29, 0.717) is 5.25 Å². The normalized spacial score (nSPS) is 24.2. The van der Waals surface area contributed by atoms with E-state index < -0.39 is 0 Å². The molecule has 2 unspecified atom stereocenters. The summed E-state index contributed by atoms with van der Waals surface area (Å²) in [6.45, 7) is 0. The van der Waals surface area contributed by atoms with Gasteiger partial charge in [-0.3, -0.25) is 0 Å². The van der Waals surface area contributed by atoms with Crippen LogP contribution in [0.1, 0.15) is 31.2 Å². The SMILES string of the molecule is N#CC1CCCCC1SCc1ccccc1Cl. The Morgan fingerprint density at radius 2 is 2.06 bits per heavy atom. The molecule has 0 aliphatic heterocycles. The molecular weight excluding hydrogens is 250 g/mol. The van der Waals surface area contributed by atoms with E-state index in [4.69, 9.17) is 16.9 Å². The smallest absolute Gasteiger partial charge is 0.0667 e. The van der Waals surface area contributed by atoms with Gasteiger partial charge in [0.1, 0.15) is 0 Å². The molecule has 1 fully saturated rings. The zero-order valence-electron chi connectivity index (χ0n) is 9.73. The maximum atomic E-state index is 9.12. The van der Waals surface area contributed by atoms with Crippen LogP contribution in [0.3, 0.4) is 0 Å². The summed E-state index contributed by atoms with van der Waals surface area (Å²) in [6.07, 6.45) is 4.71. The van der Waals surface area contributed by atoms with Gasteiger partial charge in [0.25, 0.3) is 0 Å². The minimum absolute atomic E-state index is 0.233. The lowest BCUT2D eigenvalue weighted by Gasteiger charge is -2.26.